The minimum Gasteiger partial charge on any atom is -0.126 e. The summed E-state index contributed by atoms with van der Waals surface area (Å²) in [6, 6.07) is 0. The van der Waals surface area contributed by atoms with Crippen LogP contribution in [-0.4, -0.2) is 21.4 Å². The van der Waals surface area contributed by atoms with Crippen molar-refractivity contribution >= 4 is 55.1 Å². The molecule has 0 radical (unpaired) electrons. The van der Waals surface area contributed by atoms with E-state index in [0.717, 1.165) is 11.2 Å². The van der Waals surface area contributed by atoms with Crippen LogP contribution in [0.1, 0.15) is 6.42 Å². The van der Waals surface area contributed by atoms with Crippen LogP contribution < -0.4 is 0 Å². The van der Waals surface area contributed by atoms with E-state index in [2.05, 4.69) is 31.9 Å². The molecule has 0 aromatic rings. The number of hydrogen-bond donors (Lipinski definition) is 0. The maximum absolute atomic E-state index is 6.34. The zero-order chi connectivity index (χ0) is 9.59. The molecule has 0 heterocycles. The van der Waals surface area contributed by atoms with Gasteiger partial charge in [-0.05, 0) is 30.1 Å². The lowest BCUT2D eigenvalue weighted by molar-refractivity contribution is 0.282. The van der Waals surface area contributed by atoms with Gasteiger partial charge in [0.25, 0.3) is 0 Å². The highest BCUT2D eigenvalue weighted by atomic mass is 79.9. The van der Waals surface area contributed by atoms with Crippen LogP contribution in [0.2, 0.25) is 0 Å². The van der Waals surface area contributed by atoms with E-state index in [-0.39, 0.29) is 0 Å². The van der Waals surface area contributed by atoms with E-state index in [4.69, 9.17) is 23.2 Å². The van der Waals surface area contributed by atoms with Crippen LogP contribution in [0.3, 0.4) is 0 Å². The molecule has 2 aliphatic rings. The van der Waals surface area contributed by atoms with E-state index >= 15 is 0 Å². The number of halogens is 4. The van der Waals surface area contributed by atoms with E-state index in [1.165, 1.54) is 6.42 Å². The van der Waals surface area contributed by atoms with Crippen LogP contribution >= 0.6 is 55.1 Å². The van der Waals surface area contributed by atoms with Gasteiger partial charge >= 0.3 is 0 Å². The van der Waals surface area contributed by atoms with Crippen LogP contribution in [0.15, 0.2) is 0 Å². The summed E-state index contributed by atoms with van der Waals surface area (Å²) in [6.07, 6.45) is 1.26. The van der Waals surface area contributed by atoms with Crippen molar-refractivity contribution in [3.05, 3.63) is 0 Å². The predicted molar refractivity (Wildman–Crippen MR) is 65.4 cm³/mol. The Labute approximate surface area is 106 Å². The molecule has 0 saturated heterocycles. The monoisotopic (exact) mass is 348 g/mol. The molecule has 2 aliphatic carbocycles. The van der Waals surface area contributed by atoms with Crippen LogP contribution in [0.5, 0.6) is 0 Å². The van der Waals surface area contributed by atoms with E-state index in [1.807, 2.05) is 0 Å². The minimum absolute atomic E-state index is 0.312. The lowest BCUT2D eigenvalue weighted by Gasteiger charge is -2.34. The van der Waals surface area contributed by atoms with Crippen molar-refractivity contribution in [1.29, 1.82) is 0 Å². The largest absolute Gasteiger partial charge is 0.126 e. The average Bonchev–Trinajstić information content (AvgIpc) is 2.63. The SMILES string of the molecule is ClC[C@@H]1[C@H](CBr)[C@H]2C[C@@H]1[C@H](Br)[C@H]2Cl. The Morgan fingerprint density at radius 3 is 2.46 bits per heavy atom. The molecule has 13 heavy (non-hydrogen) atoms. The van der Waals surface area contributed by atoms with E-state index in [1.54, 1.807) is 0 Å². The first-order valence-electron chi connectivity index (χ1n) is 4.60. The van der Waals surface area contributed by atoms with Gasteiger partial charge in [-0.3, -0.25) is 0 Å². The zero-order valence-corrected chi connectivity index (χ0v) is 11.8. The molecule has 2 saturated carbocycles. The minimum atomic E-state index is 0.312. The Kier molecular flexibility index (Phi) is 3.56. The molecule has 0 spiro atoms. The van der Waals surface area contributed by atoms with Gasteiger partial charge in [-0.25, -0.2) is 0 Å². The Balaban J connectivity index is 2.17. The molecule has 2 rings (SSSR count). The molecule has 0 nitrogen and oxygen atoms in total. The van der Waals surface area contributed by atoms with Gasteiger partial charge < -0.3 is 0 Å². The van der Waals surface area contributed by atoms with Gasteiger partial charge in [0.15, 0.2) is 0 Å². The van der Waals surface area contributed by atoms with Gasteiger partial charge in [0.2, 0.25) is 0 Å². The molecule has 0 aliphatic heterocycles. The number of fused-ring (bicyclic) bond motifs is 2. The summed E-state index contributed by atoms with van der Waals surface area (Å²) >= 11 is 19.6. The van der Waals surface area contributed by atoms with Crippen LogP contribution in [-0.2, 0) is 0 Å². The summed E-state index contributed by atoms with van der Waals surface area (Å²) in [6.45, 7) is 0. The fraction of sp³-hybridized carbons (Fsp3) is 1.00. The first-order chi connectivity index (χ1) is 6.20. The molecule has 2 fully saturated rings. The van der Waals surface area contributed by atoms with Gasteiger partial charge in [-0.15, -0.1) is 23.2 Å². The standard InChI is InChI=1S/C9H12Br2Cl2/c10-2-6-5-1-4(7(6)3-12)8(11)9(5)13/h4-9H,1-3H2/t4-,5+,6+,7-,8-,9-/m0/s1. The lowest BCUT2D eigenvalue weighted by atomic mass is 9.81. The maximum atomic E-state index is 6.34. The van der Waals surface area contributed by atoms with Crippen molar-refractivity contribution in [3.63, 3.8) is 0 Å². The first kappa shape index (κ1) is 11.0. The van der Waals surface area contributed by atoms with Crippen LogP contribution in [0.25, 0.3) is 0 Å². The van der Waals surface area contributed by atoms with Crippen molar-refractivity contribution < 1.29 is 0 Å². The third kappa shape index (κ3) is 1.60. The van der Waals surface area contributed by atoms with Crippen LogP contribution in [0.4, 0.5) is 0 Å². The summed E-state index contributed by atoms with van der Waals surface area (Å²) < 4.78 is 0. The topological polar surface area (TPSA) is 0 Å². The summed E-state index contributed by atoms with van der Waals surface area (Å²) in [7, 11) is 0. The van der Waals surface area contributed by atoms with Crippen molar-refractivity contribution in [1.82, 2.24) is 0 Å². The van der Waals surface area contributed by atoms with Crippen molar-refractivity contribution in [3.8, 4) is 0 Å². The smallest absolute Gasteiger partial charge is 0.0495 e. The second kappa shape index (κ2) is 4.19. The average molecular weight is 351 g/mol. The predicted octanol–water partition coefficient (Wildman–Crippen LogP) is 3.87. The van der Waals surface area contributed by atoms with Gasteiger partial charge in [-0.1, -0.05) is 31.9 Å². The van der Waals surface area contributed by atoms with Gasteiger partial charge in [0.05, 0.1) is 0 Å². The second-order valence-corrected chi connectivity index (χ2v) is 6.61. The number of rotatable bonds is 2. The highest BCUT2D eigenvalue weighted by Gasteiger charge is 2.55. The summed E-state index contributed by atoms with van der Waals surface area (Å²) in [5, 5.41) is 1.36. The Bertz CT molecular complexity index is 176. The van der Waals surface area contributed by atoms with Gasteiger partial charge in [-0.2, -0.15) is 0 Å². The summed E-state index contributed by atoms with van der Waals surface area (Å²) in [4.78, 5) is 0.484. The third-order valence-electron chi connectivity index (χ3n) is 3.67. The molecule has 0 amide bonds. The van der Waals surface area contributed by atoms with E-state index in [0.29, 0.717) is 33.9 Å². The fourth-order valence-electron chi connectivity index (χ4n) is 2.96. The van der Waals surface area contributed by atoms with Crippen LogP contribution in [0, 0.1) is 23.7 Å². The van der Waals surface area contributed by atoms with E-state index in [9.17, 15) is 0 Å². The summed E-state index contributed by atoms with van der Waals surface area (Å²) in [5.74, 6) is 3.50. The Hall–Kier alpha value is 1.54. The normalized spacial score (nSPS) is 54.5. The fourth-order valence-corrected chi connectivity index (χ4v) is 5.86. The number of alkyl halides is 4. The van der Waals surface area contributed by atoms with Crippen molar-refractivity contribution in [2.24, 2.45) is 23.7 Å². The molecule has 6 atom stereocenters. The Morgan fingerprint density at radius 1 is 1.23 bits per heavy atom. The summed E-state index contributed by atoms with van der Waals surface area (Å²) in [5.41, 5.74) is 0. The third-order valence-corrected chi connectivity index (χ3v) is 6.92. The quantitative estimate of drug-likeness (QED) is 0.663. The maximum Gasteiger partial charge on any atom is 0.0495 e. The first-order valence-corrected chi connectivity index (χ1v) is 7.61. The Morgan fingerprint density at radius 2 is 1.92 bits per heavy atom. The highest BCUT2D eigenvalue weighted by Crippen LogP contribution is 2.57. The highest BCUT2D eigenvalue weighted by molar-refractivity contribution is 9.09. The zero-order valence-electron chi connectivity index (χ0n) is 7.10. The number of hydrogen-bond acceptors (Lipinski definition) is 0. The molecule has 4 heteroatoms. The van der Waals surface area contributed by atoms with Gasteiger partial charge in [0.1, 0.15) is 0 Å². The molecule has 0 aromatic carbocycles. The molecule has 0 N–H and O–H groups in total. The molecular formula is C9H12Br2Cl2. The second-order valence-electron chi connectivity index (χ2n) is 4.09. The molecule has 2 bridgehead atoms. The van der Waals surface area contributed by atoms with Gasteiger partial charge in [0, 0.05) is 21.4 Å². The molecule has 0 aromatic heterocycles. The molecular weight excluding hydrogens is 339 g/mol. The lowest BCUT2D eigenvalue weighted by Crippen LogP contribution is -2.37. The van der Waals surface area contributed by atoms with Crippen molar-refractivity contribution in [2.75, 3.05) is 11.2 Å². The van der Waals surface area contributed by atoms with Crippen molar-refractivity contribution in [2.45, 2.75) is 16.6 Å². The molecule has 76 valence electrons. The van der Waals surface area contributed by atoms with E-state index < -0.39 is 0 Å². The molecule has 0 unspecified atom stereocenters.